The molecule has 130 valence electrons. The summed E-state index contributed by atoms with van der Waals surface area (Å²) in [6.07, 6.45) is 1.13. The minimum Gasteiger partial charge on any atom is -0.517 e. The monoisotopic (exact) mass is 345 g/mol. The maximum Gasteiger partial charge on any atom is 0.306 e. The van der Waals surface area contributed by atoms with Crippen LogP contribution in [0.1, 0.15) is 48.0 Å². The highest BCUT2D eigenvalue weighted by Gasteiger charge is 2.49. The van der Waals surface area contributed by atoms with Crippen LogP contribution in [-0.4, -0.2) is 47.5 Å². The lowest BCUT2D eigenvalue weighted by molar-refractivity contribution is -0.136. The second-order valence-electron chi connectivity index (χ2n) is 7.70. The van der Waals surface area contributed by atoms with Crippen molar-refractivity contribution in [2.75, 3.05) is 20.2 Å². The number of carbonyl (C=O) groups is 1. The zero-order valence-corrected chi connectivity index (χ0v) is 17.7. The Morgan fingerprint density at radius 1 is 1.14 bits per heavy atom. The fraction of sp³-hybridized carbons (Fsp3) is 0.938. The van der Waals surface area contributed by atoms with Gasteiger partial charge in [0.2, 0.25) is 0 Å². The molecule has 0 saturated carbocycles. The summed E-state index contributed by atoms with van der Waals surface area (Å²) in [6, 6.07) is 1.11. The third-order valence-corrected chi connectivity index (χ3v) is 15.4. The first-order valence-electron chi connectivity index (χ1n) is 8.62. The summed E-state index contributed by atoms with van der Waals surface area (Å²) in [7, 11) is -2.20. The Hall–Kier alpha value is -0.176. The zero-order valence-electron chi connectivity index (χ0n) is 15.7. The summed E-state index contributed by atoms with van der Waals surface area (Å²) in [4.78, 5) is 12.7. The highest BCUT2D eigenvalue weighted by Crippen LogP contribution is 2.42. The van der Waals surface area contributed by atoms with Crippen LogP contribution in [0.3, 0.4) is 0 Å². The van der Waals surface area contributed by atoms with E-state index < -0.39 is 16.8 Å². The average molecular weight is 346 g/mol. The van der Waals surface area contributed by atoms with Crippen molar-refractivity contribution in [1.29, 1.82) is 0 Å². The SMILES string of the molecule is CO[Si]1(C)CCCN1CC(=O)O[Si](C(C)C)(C(C)C)C(C)C. The highest BCUT2D eigenvalue weighted by molar-refractivity contribution is 6.79. The Kier molecular flexibility index (Phi) is 6.86. The van der Waals surface area contributed by atoms with E-state index in [0.29, 0.717) is 23.2 Å². The van der Waals surface area contributed by atoms with E-state index in [9.17, 15) is 4.79 Å². The molecule has 1 fully saturated rings. The van der Waals surface area contributed by atoms with Crippen molar-refractivity contribution in [3.8, 4) is 0 Å². The van der Waals surface area contributed by atoms with Crippen molar-refractivity contribution in [2.24, 2.45) is 0 Å². The van der Waals surface area contributed by atoms with E-state index in [1.165, 1.54) is 0 Å². The topological polar surface area (TPSA) is 38.8 Å². The number of rotatable bonds is 7. The molecular weight excluding hydrogens is 310 g/mol. The molecule has 0 aromatic heterocycles. The van der Waals surface area contributed by atoms with Gasteiger partial charge in [-0.25, -0.2) is 0 Å². The second-order valence-corrected chi connectivity index (χ2v) is 17.0. The molecule has 1 saturated heterocycles. The van der Waals surface area contributed by atoms with Gasteiger partial charge in [-0.05, 0) is 42.2 Å². The summed E-state index contributed by atoms with van der Waals surface area (Å²) in [6.45, 7) is 16.8. The normalized spacial score (nSPS) is 23.8. The second kappa shape index (κ2) is 7.60. The first kappa shape index (κ1) is 19.9. The van der Waals surface area contributed by atoms with Crippen LogP contribution in [-0.2, 0) is 13.6 Å². The smallest absolute Gasteiger partial charge is 0.306 e. The van der Waals surface area contributed by atoms with E-state index in [1.54, 1.807) is 7.11 Å². The molecular formula is C16H35NO3Si2. The molecule has 0 N–H and O–H groups in total. The fourth-order valence-corrected chi connectivity index (χ4v) is 12.1. The largest absolute Gasteiger partial charge is 0.517 e. The average Bonchev–Trinajstić information content (AvgIpc) is 2.76. The molecule has 1 atom stereocenters. The molecule has 0 radical (unpaired) electrons. The Bertz CT molecular complexity index is 366. The first-order chi connectivity index (χ1) is 10.1. The Labute approximate surface area is 138 Å². The van der Waals surface area contributed by atoms with Crippen LogP contribution < -0.4 is 0 Å². The maximum atomic E-state index is 12.7. The van der Waals surface area contributed by atoms with Crippen molar-refractivity contribution in [3.05, 3.63) is 0 Å². The molecule has 1 aliphatic heterocycles. The molecule has 1 unspecified atom stereocenters. The Morgan fingerprint density at radius 2 is 1.64 bits per heavy atom. The molecule has 4 nitrogen and oxygen atoms in total. The summed E-state index contributed by atoms with van der Waals surface area (Å²) < 4.78 is 14.3. The van der Waals surface area contributed by atoms with Gasteiger partial charge in [0.15, 0.2) is 0 Å². The van der Waals surface area contributed by atoms with Gasteiger partial charge in [0, 0.05) is 7.11 Å². The quantitative estimate of drug-likeness (QED) is 0.650. The van der Waals surface area contributed by atoms with Crippen LogP contribution in [0.2, 0.25) is 29.2 Å². The van der Waals surface area contributed by atoms with Crippen molar-refractivity contribution >= 4 is 22.8 Å². The van der Waals surface area contributed by atoms with Gasteiger partial charge < -0.3 is 8.85 Å². The molecule has 0 spiro atoms. The zero-order chi connectivity index (χ0) is 17.1. The van der Waals surface area contributed by atoms with Crippen molar-refractivity contribution in [3.63, 3.8) is 0 Å². The van der Waals surface area contributed by atoms with Crippen LogP contribution in [0.4, 0.5) is 0 Å². The van der Waals surface area contributed by atoms with E-state index >= 15 is 0 Å². The fourth-order valence-electron chi connectivity index (χ4n) is 4.21. The number of carbonyl (C=O) groups excluding carboxylic acids is 1. The number of nitrogens with zero attached hydrogens (tertiary/aromatic N) is 1. The third-order valence-electron chi connectivity index (χ3n) is 5.50. The molecule has 0 aromatic carbocycles. The molecule has 1 rings (SSSR count). The van der Waals surface area contributed by atoms with Gasteiger partial charge in [0.1, 0.15) is 0 Å². The summed E-state index contributed by atoms with van der Waals surface area (Å²) in [5, 5.41) is 0. The molecule has 22 heavy (non-hydrogen) atoms. The lowest BCUT2D eigenvalue weighted by Crippen LogP contribution is -2.54. The number of hydrogen-bond acceptors (Lipinski definition) is 4. The van der Waals surface area contributed by atoms with Crippen LogP contribution in [0, 0.1) is 0 Å². The van der Waals surface area contributed by atoms with E-state index in [2.05, 4.69) is 52.7 Å². The summed E-state index contributed by atoms with van der Waals surface area (Å²) >= 11 is 0. The Morgan fingerprint density at radius 3 is 2.05 bits per heavy atom. The molecule has 6 heteroatoms. The maximum absolute atomic E-state index is 12.7. The lowest BCUT2D eigenvalue weighted by Gasteiger charge is -2.42. The molecule has 0 aliphatic carbocycles. The van der Waals surface area contributed by atoms with Crippen molar-refractivity contribution in [2.45, 2.75) is 77.2 Å². The van der Waals surface area contributed by atoms with Crippen molar-refractivity contribution < 1.29 is 13.6 Å². The van der Waals surface area contributed by atoms with Gasteiger partial charge in [0.05, 0.1) is 6.54 Å². The minimum absolute atomic E-state index is 0.0413. The van der Waals surface area contributed by atoms with Gasteiger partial charge in [-0.15, -0.1) is 0 Å². The van der Waals surface area contributed by atoms with Crippen LogP contribution >= 0.6 is 0 Å². The Balaban J connectivity index is 2.85. The van der Waals surface area contributed by atoms with Gasteiger partial charge in [-0.2, -0.15) is 0 Å². The minimum atomic E-state index is -2.12. The molecule has 0 bridgehead atoms. The first-order valence-corrected chi connectivity index (χ1v) is 13.3. The molecule has 1 aliphatic rings. The predicted octanol–water partition coefficient (Wildman–Crippen LogP) is 4.13. The summed E-state index contributed by atoms with van der Waals surface area (Å²) in [5.41, 5.74) is 1.29. The predicted molar refractivity (Wildman–Crippen MR) is 96.8 cm³/mol. The molecule has 0 aromatic rings. The van der Waals surface area contributed by atoms with Gasteiger partial charge >= 0.3 is 5.97 Å². The van der Waals surface area contributed by atoms with Crippen molar-refractivity contribution in [1.82, 2.24) is 4.57 Å². The standard InChI is InChI=1S/C16H35NO3Si2/c1-13(2)22(14(3)4,15(5)6)20-16(18)12-17-10-9-11-21(17,8)19-7/h13-15H,9-12H2,1-8H3. The van der Waals surface area contributed by atoms with E-state index in [0.717, 1.165) is 19.0 Å². The highest BCUT2D eigenvalue weighted by atomic mass is 28.4. The van der Waals surface area contributed by atoms with Crippen LogP contribution in [0.5, 0.6) is 0 Å². The summed E-state index contributed by atoms with van der Waals surface area (Å²) in [5.74, 6) is -0.0413. The number of hydrogen-bond donors (Lipinski definition) is 0. The third kappa shape index (κ3) is 3.83. The van der Waals surface area contributed by atoms with E-state index in [-0.39, 0.29) is 5.97 Å². The van der Waals surface area contributed by atoms with E-state index in [4.69, 9.17) is 8.85 Å². The van der Waals surface area contributed by atoms with Gasteiger partial charge in [-0.1, -0.05) is 41.5 Å². The molecule has 1 heterocycles. The van der Waals surface area contributed by atoms with E-state index in [1.807, 2.05) is 0 Å². The van der Waals surface area contributed by atoms with Crippen LogP contribution in [0.25, 0.3) is 0 Å². The van der Waals surface area contributed by atoms with Gasteiger partial charge in [-0.3, -0.25) is 9.36 Å². The van der Waals surface area contributed by atoms with Crippen LogP contribution in [0.15, 0.2) is 0 Å². The van der Waals surface area contributed by atoms with Gasteiger partial charge in [0.25, 0.3) is 16.8 Å². The lowest BCUT2D eigenvalue weighted by atomic mass is 10.5. The molecule has 0 amide bonds.